The number of nitrogens with zero attached hydrogens (tertiary/aromatic N) is 3. The van der Waals surface area contributed by atoms with E-state index in [2.05, 4.69) is 0 Å². The fourth-order valence-corrected chi connectivity index (χ4v) is 3.52. The van der Waals surface area contributed by atoms with Crippen molar-refractivity contribution in [3.8, 4) is 6.07 Å². The summed E-state index contributed by atoms with van der Waals surface area (Å²) in [5.74, 6) is -2.55. The van der Waals surface area contributed by atoms with Gasteiger partial charge in [0.15, 0.2) is 0 Å². The Morgan fingerprint density at radius 1 is 1.10 bits per heavy atom. The van der Waals surface area contributed by atoms with Gasteiger partial charge >= 0.3 is 0 Å². The molecule has 0 atom stereocenters. The van der Waals surface area contributed by atoms with Gasteiger partial charge in [-0.05, 0) is 30.5 Å². The van der Waals surface area contributed by atoms with Crippen molar-refractivity contribution >= 4 is 11.8 Å². The Kier molecular flexibility index (Phi) is 6.55. The third-order valence-corrected chi connectivity index (χ3v) is 5.08. The zero-order chi connectivity index (χ0) is 20.8. The van der Waals surface area contributed by atoms with E-state index < -0.39 is 17.5 Å². The van der Waals surface area contributed by atoms with E-state index in [4.69, 9.17) is 5.26 Å². The lowest BCUT2D eigenvalue weighted by molar-refractivity contribution is -0.136. The second-order valence-corrected chi connectivity index (χ2v) is 7.03. The highest BCUT2D eigenvalue weighted by atomic mass is 19.1. The Balaban J connectivity index is 1.62. The van der Waals surface area contributed by atoms with Gasteiger partial charge in [-0.15, -0.1) is 0 Å². The molecule has 1 heterocycles. The second kappa shape index (κ2) is 9.28. The third kappa shape index (κ3) is 4.96. The molecule has 1 fully saturated rings. The van der Waals surface area contributed by atoms with Crippen molar-refractivity contribution in [2.45, 2.75) is 19.4 Å². The summed E-state index contributed by atoms with van der Waals surface area (Å²) < 4.78 is 26.9. The Labute approximate surface area is 168 Å². The first-order valence-electron chi connectivity index (χ1n) is 9.43. The SMILES string of the molecule is N#CCN(Cc1ccccc1)C(=O)C1CCN(C(=O)c2ccc(F)cc2F)CC1. The number of benzene rings is 2. The molecule has 0 bridgehead atoms. The highest BCUT2D eigenvalue weighted by Crippen LogP contribution is 2.23. The molecule has 0 spiro atoms. The molecule has 7 heteroatoms. The van der Waals surface area contributed by atoms with Crippen molar-refractivity contribution in [1.82, 2.24) is 9.80 Å². The van der Waals surface area contributed by atoms with Crippen molar-refractivity contribution < 1.29 is 18.4 Å². The number of hydrogen-bond acceptors (Lipinski definition) is 3. The van der Waals surface area contributed by atoms with E-state index in [9.17, 15) is 18.4 Å². The lowest BCUT2D eigenvalue weighted by atomic mass is 9.94. The topological polar surface area (TPSA) is 64.4 Å². The van der Waals surface area contributed by atoms with Gasteiger partial charge in [0.1, 0.15) is 18.2 Å². The first kappa shape index (κ1) is 20.5. The first-order chi connectivity index (χ1) is 14.0. The highest BCUT2D eigenvalue weighted by Gasteiger charge is 2.31. The second-order valence-electron chi connectivity index (χ2n) is 7.03. The van der Waals surface area contributed by atoms with Gasteiger partial charge in [-0.3, -0.25) is 9.59 Å². The van der Waals surface area contributed by atoms with Crippen LogP contribution in [0.15, 0.2) is 48.5 Å². The maximum atomic E-state index is 13.9. The maximum absolute atomic E-state index is 13.9. The van der Waals surface area contributed by atoms with Gasteiger partial charge < -0.3 is 9.80 Å². The van der Waals surface area contributed by atoms with Crippen LogP contribution in [0, 0.1) is 28.9 Å². The van der Waals surface area contributed by atoms with E-state index in [1.165, 1.54) is 9.80 Å². The molecule has 0 aliphatic carbocycles. The largest absolute Gasteiger partial charge is 0.339 e. The molecule has 0 unspecified atom stereocenters. The fraction of sp³-hybridized carbons (Fsp3) is 0.318. The van der Waals surface area contributed by atoms with Gasteiger partial charge in [-0.1, -0.05) is 30.3 Å². The zero-order valence-corrected chi connectivity index (χ0v) is 15.9. The normalized spacial score (nSPS) is 14.3. The molecule has 2 amide bonds. The Morgan fingerprint density at radius 2 is 1.79 bits per heavy atom. The first-order valence-corrected chi connectivity index (χ1v) is 9.43. The lowest BCUT2D eigenvalue weighted by Gasteiger charge is -2.33. The molecule has 5 nitrogen and oxygen atoms in total. The van der Waals surface area contributed by atoms with Gasteiger partial charge in [0.2, 0.25) is 5.91 Å². The summed E-state index contributed by atoms with van der Waals surface area (Å²) in [7, 11) is 0. The van der Waals surface area contributed by atoms with Gasteiger partial charge in [-0.2, -0.15) is 5.26 Å². The van der Waals surface area contributed by atoms with E-state index in [0.29, 0.717) is 38.5 Å². The molecule has 2 aromatic rings. The summed E-state index contributed by atoms with van der Waals surface area (Å²) in [5.41, 5.74) is 0.766. The number of halogens is 2. The van der Waals surface area contributed by atoms with E-state index in [-0.39, 0.29) is 23.9 Å². The van der Waals surface area contributed by atoms with E-state index >= 15 is 0 Å². The molecule has 150 valence electrons. The van der Waals surface area contributed by atoms with Crippen molar-refractivity contribution in [3.05, 3.63) is 71.3 Å². The van der Waals surface area contributed by atoms with Crippen LogP contribution in [0.5, 0.6) is 0 Å². The molecule has 2 aromatic carbocycles. The summed E-state index contributed by atoms with van der Waals surface area (Å²) in [4.78, 5) is 28.4. The highest BCUT2D eigenvalue weighted by molar-refractivity contribution is 5.94. The molecular formula is C22H21F2N3O2. The number of nitriles is 1. The van der Waals surface area contributed by atoms with E-state index in [1.807, 2.05) is 36.4 Å². The number of hydrogen-bond donors (Lipinski definition) is 0. The zero-order valence-electron chi connectivity index (χ0n) is 15.9. The molecule has 29 heavy (non-hydrogen) atoms. The van der Waals surface area contributed by atoms with Crippen molar-refractivity contribution in [1.29, 1.82) is 5.26 Å². The van der Waals surface area contributed by atoms with Crippen LogP contribution in [0.3, 0.4) is 0 Å². The van der Waals surface area contributed by atoms with Crippen LogP contribution >= 0.6 is 0 Å². The van der Waals surface area contributed by atoms with Gasteiger partial charge in [0.05, 0.1) is 11.6 Å². The Morgan fingerprint density at radius 3 is 2.41 bits per heavy atom. The molecule has 0 aromatic heterocycles. The number of carbonyl (C=O) groups excluding carboxylic acids is 2. The Bertz CT molecular complexity index is 919. The van der Waals surface area contributed by atoms with Crippen LogP contribution in [0.4, 0.5) is 8.78 Å². The quantitative estimate of drug-likeness (QED) is 0.727. The average Bonchev–Trinajstić information content (AvgIpc) is 2.73. The summed E-state index contributed by atoms with van der Waals surface area (Å²) in [6, 6.07) is 14.4. The molecular weight excluding hydrogens is 376 g/mol. The van der Waals surface area contributed by atoms with Crippen LogP contribution in [-0.4, -0.2) is 41.2 Å². The number of likely N-dealkylation sites (tertiary alicyclic amines) is 1. The molecule has 3 rings (SSSR count). The predicted molar refractivity (Wildman–Crippen MR) is 102 cm³/mol. The minimum atomic E-state index is -0.892. The molecule has 0 saturated carbocycles. The van der Waals surface area contributed by atoms with Crippen molar-refractivity contribution in [2.75, 3.05) is 19.6 Å². The van der Waals surface area contributed by atoms with Crippen LogP contribution in [-0.2, 0) is 11.3 Å². The van der Waals surface area contributed by atoms with Crippen LogP contribution < -0.4 is 0 Å². The minimum Gasteiger partial charge on any atom is -0.339 e. The average molecular weight is 397 g/mol. The molecule has 1 aliphatic rings. The van der Waals surface area contributed by atoms with E-state index in [1.54, 1.807) is 0 Å². The maximum Gasteiger partial charge on any atom is 0.256 e. The molecule has 1 saturated heterocycles. The molecule has 0 radical (unpaired) electrons. The van der Waals surface area contributed by atoms with E-state index in [0.717, 1.165) is 17.7 Å². The summed E-state index contributed by atoms with van der Waals surface area (Å²) in [5, 5.41) is 9.09. The lowest BCUT2D eigenvalue weighted by Crippen LogP contribution is -2.44. The minimum absolute atomic E-state index is 0.00629. The fourth-order valence-electron chi connectivity index (χ4n) is 3.52. The van der Waals surface area contributed by atoms with Gasteiger partial charge in [0, 0.05) is 31.6 Å². The monoisotopic (exact) mass is 397 g/mol. The number of piperidine rings is 1. The summed E-state index contributed by atoms with van der Waals surface area (Å²) in [6.07, 6.45) is 0.869. The van der Waals surface area contributed by atoms with Crippen LogP contribution in [0.25, 0.3) is 0 Å². The van der Waals surface area contributed by atoms with Crippen LogP contribution in [0.2, 0.25) is 0 Å². The van der Waals surface area contributed by atoms with Crippen LogP contribution in [0.1, 0.15) is 28.8 Å². The summed E-state index contributed by atoms with van der Waals surface area (Å²) >= 11 is 0. The molecule has 0 N–H and O–H groups in total. The van der Waals surface area contributed by atoms with Crippen molar-refractivity contribution in [3.63, 3.8) is 0 Å². The number of amides is 2. The van der Waals surface area contributed by atoms with Gasteiger partial charge in [-0.25, -0.2) is 8.78 Å². The number of rotatable bonds is 5. The van der Waals surface area contributed by atoms with Crippen molar-refractivity contribution in [2.24, 2.45) is 5.92 Å². The number of carbonyl (C=O) groups is 2. The van der Waals surface area contributed by atoms with Gasteiger partial charge in [0.25, 0.3) is 5.91 Å². The standard InChI is InChI=1S/C22H21F2N3O2/c23-18-6-7-19(20(24)14-18)22(29)26-11-8-17(9-12-26)21(28)27(13-10-25)15-16-4-2-1-3-5-16/h1-7,14,17H,8-9,11-13,15H2. The third-order valence-electron chi connectivity index (χ3n) is 5.08. The summed E-state index contributed by atoms with van der Waals surface area (Å²) in [6.45, 7) is 0.955. The smallest absolute Gasteiger partial charge is 0.256 e. The predicted octanol–water partition coefficient (Wildman–Crippen LogP) is 3.37. The Hall–Kier alpha value is -3.27. The molecule has 1 aliphatic heterocycles.